The van der Waals surface area contributed by atoms with Crippen molar-refractivity contribution in [2.24, 2.45) is 0 Å². The molecule has 0 atom stereocenters. The van der Waals surface area contributed by atoms with Gasteiger partial charge in [0.25, 0.3) is 10.1 Å². The van der Waals surface area contributed by atoms with E-state index in [4.69, 9.17) is 11.0 Å². The summed E-state index contributed by atoms with van der Waals surface area (Å²) in [5.74, 6) is 2.46. The molecule has 0 aliphatic heterocycles. The van der Waals surface area contributed by atoms with Crippen molar-refractivity contribution in [3.05, 3.63) is 0 Å². The molecule has 1 radical (unpaired) electrons. The molecule has 0 heterocycles. The summed E-state index contributed by atoms with van der Waals surface area (Å²) < 4.78 is 27.6. The Kier molecular flexibility index (Phi) is 18.3. The first-order chi connectivity index (χ1) is 6.91. The molecule has 0 spiro atoms. The molecular formula is C10H21NNaO3S. The molecule has 0 bridgehead atoms. The van der Waals surface area contributed by atoms with Crippen LogP contribution in [0.15, 0.2) is 0 Å². The molecule has 0 aliphatic carbocycles. The van der Waals surface area contributed by atoms with Crippen molar-refractivity contribution in [3.63, 3.8) is 0 Å². The predicted molar refractivity (Wildman–Crippen MR) is 69.1 cm³/mol. The molecule has 0 amide bonds. The predicted octanol–water partition coefficient (Wildman–Crippen LogP) is 0.865. The summed E-state index contributed by atoms with van der Waals surface area (Å²) in [5.41, 5.74) is 0. The number of terminal acetylenes is 1. The third-order valence-electron chi connectivity index (χ3n) is 1.67. The Morgan fingerprint density at radius 1 is 1.25 bits per heavy atom. The normalized spacial score (nSPS) is 9.75. The first-order valence-electron chi connectivity index (χ1n) is 5.02. The Morgan fingerprint density at radius 3 is 1.75 bits per heavy atom. The summed E-state index contributed by atoms with van der Waals surface area (Å²) in [5, 5.41) is 0. The van der Waals surface area contributed by atoms with Gasteiger partial charge in [-0.05, 0) is 19.5 Å². The molecule has 0 aromatic rings. The molecule has 6 heteroatoms. The largest absolute Gasteiger partial charge is 0.293 e. The molecular weight excluding hydrogens is 237 g/mol. The van der Waals surface area contributed by atoms with Crippen LogP contribution in [0.25, 0.3) is 0 Å². The van der Waals surface area contributed by atoms with E-state index < -0.39 is 10.1 Å². The summed E-state index contributed by atoms with van der Waals surface area (Å²) in [7, 11) is -3.67. The molecule has 16 heavy (non-hydrogen) atoms. The molecule has 1 N–H and O–H groups in total. The van der Waals surface area contributed by atoms with Crippen LogP contribution in [0.4, 0.5) is 0 Å². The SMILES string of the molecule is C#CCN(CC)CC.CCCS(=O)(=O)O.[Na]. The Hall–Kier alpha value is 0.430. The van der Waals surface area contributed by atoms with Crippen LogP contribution < -0.4 is 0 Å². The van der Waals surface area contributed by atoms with Gasteiger partial charge in [-0.15, -0.1) is 6.42 Å². The van der Waals surface area contributed by atoms with Gasteiger partial charge in [-0.3, -0.25) is 9.45 Å². The Labute approximate surface area is 122 Å². The topological polar surface area (TPSA) is 57.6 Å². The first kappa shape index (κ1) is 21.7. The van der Waals surface area contributed by atoms with E-state index in [1.807, 2.05) is 0 Å². The maximum absolute atomic E-state index is 9.79. The van der Waals surface area contributed by atoms with Crippen molar-refractivity contribution in [1.29, 1.82) is 0 Å². The minimum atomic E-state index is -3.67. The Morgan fingerprint density at radius 2 is 1.69 bits per heavy atom. The van der Waals surface area contributed by atoms with Crippen LogP contribution >= 0.6 is 0 Å². The van der Waals surface area contributed by atoms with E-state index in [9.17, 15) is 8.42 Å². The van der Waals surface area contributed by atoms with Crippen molar-refractivity contribution < 1.29 is 13.0 Å². The summed E-state index contributed by atoms with van der Waals surface area (Å²) in [4.78, 5) is 2.19. The Bertz CT molecular complexity index is 268. The van der Waals surface area contributed by atoms with E-state index in [0.717, 1.165) is 19.6 Å². The second kappa shape index (κ2) is 13.5. The van der Waals surface area contributed by atoms with Gasteiger partial charge in [-0.25, -0.2) is 0 Å². The number of hydrogen-bond donors (Lipinski definition) is 1. The van der Waals surface area contributed by atoms with Gasteiger partial charge in [0, 0.05) is 29.6 Å². The second-order valence-electron chi connectivity index (χ2n) is 2.95. The molecule has 0 rings (SSSR count). The van der Waals surface area contributed by atoms with Crippen LogP contribution in [0.2, 0.25) is 0 Å². The quantitative estimate of drug-likeness (QED) is 0.451. The fourth-order valence-corrected chi connectivity index (χ4v) is 1.35. The molecule has 4 nitrogen and oxygen atoms in total. The average Bonchev–Trinajstić information content (AvgIpc) is 2.13. The van der Waals surface area contributed by atoms with E-state index in [2.05, 4.69) is 24.7 Å². The number of hydrogen-bond acceptors (Lipinski definition) is 3. The van der Waals surface area contributed by atoms with Gasteiger partial charge < -0.3 is 0 Å². The van der Waals surface area contributed by atoms with Gasteiger partial charge in [0.1, 0.15) is 0 Å². The van der Waals surface area contributed by atoms with Crippen LogP contribution in [-0.2, 0) is 10.1 Å². The zero-order chi connectivity index (χ0) is 12.3. The van der Waals surface area contributed by atoms with Crippen molar-refractivity contribution in [2.75, 3.05) is 25.4 Å². The maximum Gasteiger partial charge on any atom is 0.264 e. The van der Waals surface area contributed by atoms with Gasteiger partial charge in [0.15, 0.2) is 0 Å². The van der Waals surface area contributed by atoms with Crippen LogP contribution in [0, 0.1) is 12.3 Å². The summed E-state index contributed by atoms with van der Waals surface area (Å²) >= 11 is 0. The molecule has 0 saturated heterocycles. The van der Waals surface area contributed by atoms with E-state index in [1.165, 1.54) is 0 Å². The third-order valence-corrected chi connectivity index (χ3v) is 2.60. The van der Waals surface area contributed by atoms with E-state index in [1.54, 1.807) is 6.92 Å². The van der Waals surface area contributed by atoms with Crippen LogP contribution in [0.5, 0.6) is 0 Å². The fraction of sp³-hybridized carbons (Fsp3) is 0.800. The summed E-state index contributed by atoms with van der Waals surface area (Å²) in [6, 6.07) is 0. The molecule has 0 fully saturated rings. The minimum Gasteiger partial charge on any atom is -0.293 e. The van der Waals surface area contributed by atoms with Crippen molar-refractivity contribution in [3.8, 4) is 12.3 Å². The summed E-state index contributed by atoms with van der Waals surface area (Å²) in [6.45, 7) is 8.81. The molecule has 0 unspecified atom stereocenters. The zero-order valence-corrected chi connectivity index (χ0v) is 13.5. The van der Waals surface area contributed by atoms with Crippen molar-refractivity contribution in [1.82, 2.24) is 4.90 Å². The van der Waals surface area contributed by atoms with Crippen LogP contribution in [0.3, 0.4) is 0 Å². The maximum atomic E-state index is 9.79. The van der Waals surface area contributed by atoms with E-state index in [-0.39, 0.29) is 35.3 Å². The van der Waals surface area contributed by atoms with Gasteiger partial charge >= 0.3 is 0 Å². The third kappa shape index (κ3) is 19.9. The monoisotopic (exact) mass is 258 g/mol. The summed E-state index contributed by atoms with van der Waals surface area (Å²) in [6.07, 6.45) is 5.56. The minimum absolute atomic E-state index is 0. The van der Waals surface area contributed by atoms with Gasteiger partial charge in [0.2, 0.25) is 0 Å². The van der Waals surface area contributed by atoms with Crippen molar-refractivity contribution in [2.45, 2.75) is 27.2 Å². The van der Waals surface area contributed by atoms with E-state index in [0.29, 0.717) is 6.42 Å². The van der Waals surface area contributed by atoms with Crippen molar-refractivity contribution >= 4 is 39.7 Å². The standard InChI is InChI=1S/C7H13N.C3H8O3S.Na/c1-4-7-8(5-2)6-3;1-2-3-7(4,5)6;/h1H,5-7H2,2-3H3;2-3H2,1H3,(H,4,5,6);. The fourth-order valence-electron chi connectivity index (χ4n) is 0.834. The van der Waals surface area contributed by atoms with Gasteiger partial charge in [-0.1, -0.05) is 26.7 Å². The molecule has 91 valence electrons. The molecule has 0 saturated carbocycles. The zero-order valence-electron chi connectivity index (χ0n) is 10.7. The van der Waals surface area contributed by atoms with Crippen LogP contribution in [-0.4, -0.2) is 72.8 Å². The molecule has 0 aliphatic rings. The second-order valence-corrected chi connectivity index (χ2v) is 4.52. The Balaban J connectivity index is -0.000000200. The van der Waals surface area contributed by atoms with Gasteiger partial charge in [0.05, 0.1) is 12.3 Å². The number of nitrogens with zero attached hydrogens (tertiary/aromatic N) is 1. The van der Waals surface area contributed by atoms with E-state index >= 15 is 0 Å². The smallest absolute Gasteiger partial charge is 0.264 e. The average molecular weight is 258 g/mol. The first-order valence-corrected chi connectivity index (χ1v) is 6.63. The van der Waals surface area contributed by atoms with Gasteiger partial charge in [-0.2, -0.15) is 8.42 Å². The number of rotatable bonds is 5. The molecule has 0 aromatic heterocycles. The van der Waals surface area contributed by atoms with Crippen LogP contribution in [0.1, 0.15) is 27.2 Å². The molecule has 0 aromatic carbocycles.